The van der Waals surface area contributed by atoms with Crippen LogP contribution in [-0.4, -0.2) is 40.1 Å². The van der Waals surface area contributed by atoms with Crippen LogP contribution in [0, 0.1) is 6.92 Å². The largest absolute Gasteiger partial charge is 0.352 e. The molecular weight excluding hydrogens is 236 g/mol. The SMILES string of the molecule is CCCCn1cc(C)nc1NC(C)CN(CC)CC. The molecule has 0 aliphatic rings. The molecule has 1 unspecified atom stereocenters. The van der Waals surface area contributed by atoms with Crippen LogP contribution in [0.4, 0.5) is 5.95 Å². The molecule has 0 aromatic carbocycles. The maximum atomic E-state index is 4.60. The highest BCUT2D eigenvalue weighted by Gasteiger charge is 2.11. The molecule has 0 saturated heterocycles. The molecule has 0 saturated carbocycles. The van der Waals surface area contributed by atoms with Gasteiger partial charge < -0.3 is 14.8 Å². The summed E-state index contributed by atoms with van der Waals surface area (Å²) in [5, 5.41) is 3.55. The molecule has 4 nitrogen and oxygen atoms in total. The molecule has 0 spiro atoms. The van der Waals surface area contributed by atoms with Crippen LogP contribution in [0.3, 0.4) is 0 Å². The quantitative estimate of drug-likeness (QED) is 0.745. The summed E-state index contributed by atoms with van der Waals surface area (Å²) < 4.78 is 2.25. The van der Waals surface area contributed by atoms with Crippen molar-refractivity contribution in [1.82, 2.24) is 14.5 Å². The molecular formula is C15H30N4. The Morgan fingerprint density at radius 2 is 2.00 bits per heavy atom. The molecule has 19 heavy (non-hydrogen) atoms. The molecule has 1 aromatic heterocycles. The van der Waals surface area contributed by atoms with Crippen LogP contribution in [0.15, 0.2) is 6.20 Å². The van der Waals surface area contributed by atoms with Crippen LogP contribution in [0.1, 0.15) is 46.2 Å². The van der Waals surface area contributed by atoms with Crippen molar-refractivity contribution in [2.24, 2.45) is 0 Å². The van der Waals surface area contributed by atoms with Gasteiger partial charge in [0.05, 0.1) is 5.69 Å². The Morgan fingerprint density at radius 3 is 2.58 bits per heavy atom. The van der Waals surface area contributed by atoms with Crippen molar-refractivity contribution in [3.05, 3.63) is 11.9 Å². The van der Waals surface area contributed by atoms with Crippen LogP contribution >= 0.6 is 0 Å². The fraction of sp³-hybridized carbons (Fsp3) is 0.800. The number of aryl methyl sites for hydroxylation is 2. The van der Waals surface area contributed by atoms with E-state index < -0.39 is 0 Å². The summed E-state index contributed by atoms with van der Waals surface area (Å²) in [7, 11) is 0. The van der Waals surface area contributed by atoms with Gasteiger partial charge in [-0.2, -0.15) is 0 Å². The number of aromatic nitrogens is 2. The standard InChI is InChI=1S/C15H30N4/c1-6-9-10-19-12-14(5)17-15(19)16-13(4)11-18(7-2)8-3/h12-13H,6-11H2,1-5H3,(H,16,17). The third kappa shape index (κ3) is 5.23. The lowest BCUT2D eigenvalue weighted by Gasteiger charge is -2.24. The van der Waals surface area contributed by atoms with Crippen LogP contribution in [0.2, 0.25) is 0 Å². The Balaban J connectivity index is 2.59. The maximum Gasteiger partial charge on any atom is 0.203 e. The minimum Gasteiger partial charge on any atom is -0.352 e. The molecule has 1 N–H and O–H groups in total. The first-order chi connectivity index (χ1) is 9.10. The van der Waals surface area contributed by atoms with Crippen LogP contribution in [-0.2, 0) is 6.54 Å². The van der Waals surface area contributed by atoms with Crippen LogP contribution in [0.5, 0.6) is 0 Å². The van der Waals surface area contributed by atoms with Crippen molar-refractivity contribution >= 4 is 5.95 Å². The zero-order chi connectivity index (χ0) is 14.3. The van der Waals surface area contributed by atoms with Crippen molar-refractivity contribution in [2.75, 3.05) is 25.0 Å². The van der Waals surface area contributed by atoms with E-state index in [4.69, 9.17) is 0 Å². The Hall–Kier alpha value is -1.03. The highest BCUT2D eigenvalue weighted by Crippen LogP contribution is 2.11. The Morgan fingerprint density at radius 1 is 1.32 bits per heavy atom. The summed E-state index contributed by atoms with van der Waals surface area (Å²) >= 11 is 0. The zero-order valence-corrected chi connectivity index (χ0v) is 13.2. The molecule has 1 rings (SSSR count). The van der Waals surface area contributed by atoms with Gasteiger partial charge in [0.15, 0.2) is 0 Å². The number of nitrogens with one attached hydrogen (secondary N) is 1. The van der Waals surface area contributed by atoms with Gasteiger partial charge in [-0.1, -0.05) is 27.2 Å². The summed E-state index contributed by atoms with van der Waals surface area (Å²) in [5.74, 6) is 1.02. The van der Waals surface area contributed by atoms with E-state index in [9.17, 15) is 0 Å². The second-order valence-electron chi connectivity index (χ2n) is 5.28. The first-order valence-electron chi connectivity index (χ1n) is 7.63. The highest BCUT2D eigenvalue weighted by atomic mass is 15.2. The Labute approximate surface area is 118 Å². The van der Waals surface area contributed by atoms with Crippen molar-refractivity contribution in [3.63, 3.8) is 0 Å². The molecule has 1 aromatic rings. The fourth-order valence-corrected chi connectivity index (χ4v) is 2.30. The lowest BCUT2D eigenvalue weighted by atomic mass is 10.3. The molecule has 0 aliphatic heterocycles. The highest BCUT2D eigenvalue weighted by molar-refractivity contribution is 5.30. The number of anilines is 1. The van der Waals surface area contributed by atoms with Crippen molar-refractivity contribution in [1.29, 1.82) is 0 Å². The first kappa shape index (κ1) is 16.0. The van der Waals surface area contributed by atoms with Gasteiger partial charge in [-0.05, 0) is 33.4 Å². The van der Waals surface area contributed by atoms with Crippen molar-refractivity contribution < 1.29 is 0 Å². The molecule has 1 atom stereocenters. The van der Waals surface area contributed by atoms with Crippen LogP contribution in [0.25, 0.3) is 0 Å². The average molecular weight is 266 g/mol. The maximum absolute atomic E-state index is 4.60. The monoisotopic (exact) mass is 266 g/mol. The van der Waals surface area contributed by atoms with Gasteiger partial charge >= 0.3 is 0 Å². The number of hydrogen-bond donors (Lipinski definition) is 1. The first-order valence-corrected chi connectivity index (χ1v) is 7.63. The van der Waals surface area contributed by atoms with E-state index >= 15 is 0 Å². The molecule has 0 amide bonds. The topological polar surface area (TPSA) is 33.1 Å². The van der Waals surface area contributed by atoms with E-state index in [0.717, 1.165) is 37.8 Å². The summed E-state index contributed by atoms with van der Waals surface area (Å²) in [6.07, 6.45) is 4.56. The second-order valence-corrected chi connectivity index (χ2v) is 5.28. The van der Waals surface area contributed by atoms with Gasteiger partial charge in [0.2, 0.25) is 5.95 Å². The number of hydrogen-bond acceptors (Lipinski definition) is 3. The molecule has 0 bridgehead atoms. The molecule has 0 radical (unpaired) electrons. The number of likely N-dealkylation sites (N-methyl/N-ethyl adjacent to an activating group) is 1. The predicted octanol–water partition coefficient (Wildman–Crippen LogP) is 3.13. The molecule has 4 heteroatoms. The molecule has 110 valence electrons. The van der Waals surface area contributed by atoms with Crippen LogP contribution < -0.4 is 5.32 Å². The summed E-state index contributed by atoms with van der Waals surface area (Å²) in [6.45, 7) is 15.3. The van der Waals surface area contributed by atoms with Gasteiger partial charge in [0, 0.05) is 25.3 Å². The molecule has 1 heterocycles. The van der Waals surface area contributed by atoms with E-state index in [1.165, 1.54) is 12.8 Å². The lowest BCUT2D eigenvalue weighted by molar-refractivity contribution is 0.294. The smallest absolute Gasteiger partial charge is 0.203 e. The second kappa shape index (κ2) is 8.20. The zero-order valence-electron chi connectivity index (χ0n) is 13.2. The van der Waals surface area contributed by atoms with Gasteiger partial charge in [0.25, 0.3) is 0 Å². The third-order valence-electron chi connectivity index (χ3n) is 3.45. The normalized spacial score (nSPS) is 12.9. The minimum atomic E-state index is 0.419. The third-order valence-corrected chi connectivity index (χ3v) is 3.45. The predicted molar refractivity (Wildman–Crippen MR) is 82.7 cm³/mol. The summed E-state index contributed by atoms with van der Waals surface area (Å²) in [4.78, 5) is 7.03. The van der Waals surface area contributed by atoms with Gasteiger partial charge in [-0.25, -0.2) is 4.98 Å². The molecule has 0 fully saturated rings. The Bertz CT molecular complexity index is 355. The van der Waals surface area contributed by atoms with Gasteiger partial charge in [-0.15, -0.1) is 0 Å². The van der Waals surface area contributed by atoms with E-state index in [1.54, 1.807) is 0 Å². The number of rotatable bonds is 9. The summed E-state index contributed by atoms with van der Waals surface area (Å²) in [5.41, 5.74) is 1.09. The van der Waals surface area contributed by atoms with E-state index in [0.29, 0.717) is 6.04 Å². The molecule has 0 aliphatic carbocycles. The van der Waals surface area contributed by atoms with Gasteiger partial charge in [-0.3, -0.25) is 0 Å². The minimum absolute atomic E-state index is 0.419. The fourth-order valence-electron chi connectivity index (χ4n) is 2.30. The number of unbranched alkanes of at least 4 members (excludes halogenated alkanes) is 1. The van der Waals surface area contributed by atoms with E-state index in [-0.39, 0.29) is 0 Å². The summed E-state index contributed by atoms with van der Waals surface area (Å²) in [6, 6.07) is 0.419. The van der Waals surface area contributed by atoms with E-state index in [1.807, 2.05) is 0 Å². The Kier molecular flexibility index (Phi) is 6.92. The van der Waals surface area contributed by atoms with Crippen molar-refractivity contribution in [2.45, 2.75) is 60.0 Å². The van der Waals surface area contributed by atoms with E-state index in [2.05, 4.69) is 60.6 Å². The number of nitrogens with zero attached hydrogens (tertiary/aromatic N) is 3. The van der Waals surface area contributed by atoms with Crippen molar-refractivity contribution in [3.8, 4) is 0 Å². The lowest BCUT2D eigenvalue weighted by Crippen LogP contribution is -2.35. The van der Waals surface area contributed by atoms with Gasteiger partial charge in [0.1, 0.15) is 0 Å². The average Bonchev–Trinajstić information content (AvgIpc) is 2.73. The number of imidazole rings is 1.